The van der Waals surface area contributed by atoms with Gasteiger partial charge in [0.25, 0.3) is 0 Å². The molecule has 1 N–H and O–H groups in total. The van der Waals surface area contributed by atoms with Crippen LogP contribution in [0, 0.1) is 0 Å². The molecule has 2 unspecified atom stereocenters. The van der Waals surface area contributed by atoms with E-state index in [-0.39, 0.29) is 6.10 Å². The smallest absolute Gasteiger partial charge is 0.134 e. The number of para-hydroxylation sites is 1. The van der Waals surface area contributed by atoms with Crippen molar-refractivity contribution in [3.05, 3.63) is 36.4 Å². The van der Waals surface area contributed by atoms with Crippen LogP contribution in [-0.4, -0.2) is 23.1 Å². The minimum atomic E-state index is -0.460. The fourth-order valence-corrected chi connectivity index (χ4v) is 2.78. The topological polar surface area (TPSA) is 29.5 Å². The first kappa shape index (κ1) is 11.6. The van der Waals surface area contributed by atoms with Gasteiger partial charge in [0.1, 0.15) is 11.9 Å². The highest BCUT2D eigenvalue weighted by atomic mass is 32.2. The molecule has 0 aliphatic carbocycles. The minimum absolute atomic E-state index is 0.128. The Morgan fingerprint density at radius 2 is 2.38 bits per heavy atom. The zero-order valence-corrected chi connectivity index (χ0v) is 10.2. The monoisotopic (exact) mass is 236 g/mol. The summed E-state index contributed by atoms with van der Waals surface area (Å²) in [7, 11) is 0. The van der Waals surface area contributed by atoms with E-state index in [1.807, 2.05) is 31.2 Å². The van der Waals surface area contributed by atoms with Crippen molar-refractivity contribution in [3.8, 4) is 5.75 Å². The zero-order valence-electron chi connectivity index (χ0n) is 9.35. The second-order valence-electron chi connectivity index (χ2n) is 4.14. The van der Waals surface area contributed by atoms with Crippen LogP contribution in [0.3, 0.4) is 0 Å². The molecular formula is C13H16O2S. The Kier molecular flexibility index (Phi) is 3.56. The van der Waals surface area contributed by atoms with Gasteiger partial charge in [-0.25, -0.2) is 0 Å². The van der Waals surface area contributed by atoms with Gasteiger partial charge >= 0.3 is 0 Å². The average Bonchev–Trinajstić information content (AvgIpc) is 2.27. The molecule has 2 atom stereocenters. The highest BCUT2D eigenvalue weighted by Crippen LogP contribution is 2.36. The van der Waals surface area contributed by atoms with Gasteiger partial charge in [-0.3, -0.25) is 0 Å². The summed E-state index contributed by atoms with van der Waals surface area (Å²) in [5, 5.41) is 9.97. The summed E-state index contributed by atoms with van der Waals surface area (Å²) >= 11 is 1.74. The van der Waals surface area contributed by atoms with Crippen molar-refractivity contribution in [2.24, 2.45) is 0 Å². The van der Waals surface area contributed by atoms with E-state index in [0.717, 1.165) is 22.0 Å². The summed E-state index contributed by atoms with van der Waals surface area (Å²) in [6.07, 6.45) is 0.0166. The molecule has 16 heavy (non-hydrogen) atoms. The largest absolute Gasteiger partial charge is 0.486 e. The van der Waals surface area contributed by atoms with E-state index in [0.29, 0.717) is 6.42 Å². The van der Waals surface area contributed by atoms with Crippen molar-refractivity contribution in [3.63, 3.8) is 0 Å². The lowest BCUT2D eigenvalue weighted by Gasteiger charge is -2.29. The van der Waals surface area contributed by atoms with Crippen molar-refractivity contribution >= 4 is 11.8 Å². The summed E-state index contributed by atoms with van der Waals surface area (Å²) < 4.78 is 5.78. The Morgan fingerprint density at radius 1 is 1.62 bits per heavy atom. The number of ether oxygens (including phenoxy) is 1. The third kappa shape index (κ3) is 2.60. The maximum atomic E-state index is 9.97. The lowest BCUT2D eigenvalue weighted by Crippen LogP contribution is -2.36. The predicted octanol–water partition coefficient (Wildman–Crippen LogP) is 2.87. The first-order valence-corrected chi connectivity index (χ1v) is 6.36. The Labute approximate surface area is 100 Å². The molecule has 86 valence electrons. The van der Waals surface area contributed by atoms with Crippen LogP contribution >= 0.6 is 11.8 Å². The number of hydrogen-bond donors (Lipinski definition) is 1. The first-order valence-electron chi connectivity index (χ1n) is 5.38. The van der Waals surface area contributed by atoms with Crippen LogP contribution in [0.2, 0.25) is 0 Å². The fraction of sp³-hybridized carbons (Fsp3) is 0.385. The van der Waals surface area contributed by atoms with Crippen LogP contribution in [0.5, 0.6) is 5.75 Å². The molecule has 0 saturated carbocycles. The second kappa shape index (κ2) is 4.93. The fourth-order valence-electron chi connectivity index (χ4n) is 1.71. The van der Waals surface area contributed by atoms with Crippen molar-refractivity contribution in [1.29, 1.82) is 0 Å². The lowest BCUT2D eigenvalue weighted by molar-refractivity contribution is 0.0469. The van der Waals surface area contributed by atoms with Gasteiger partial charge in [0, 0.05) is 10.6 Å². The summed E-state index contributed by atoms with van der Waals surface area (Å²) in [5.41, 5.74) is 0.986. The minimum Gasteiger partial charge on any atom is -0.486 e. The van der Waals surface area contributed by atoms with Crippen molar-refractivity contribution < 1.29 is 9.84 Å². The van der Waals surface area contributed by atoms with Crippen LogP contribution in [0.1, 0.15) is 13.3 Å². The average molecular weight is 236 g/mol. The third-order valence-corrected chi connectivity index (χ3v) is 3.66. The predicted molar refractivity (Wildman–Crippen MR) is 67.0 cm³/mol. The molecule has 1 aromatic carbocycles. The molecule has 1 aliphatic rings. The van der Waals surface area contributed by atoms with Crippen molar-refractivity contribution in [2.45, 2.75) is 30.4 Å². The number of rotatable bonds is 3. The summed E-state index contributed by atoms with van der Waals surface area (Å²) in [6, 6.07) is 7.94. The third-order valence-electron chi connectivity index (χ3n) is 2.52. The van der Waals surface area contributed by atoms with Crippen LogP contribution in [-0.2, 0) is 0 Å². The summed E-state index contributed by atoms with van der Waals surface area (Å²) in [5.74, 6) is 1.68. The SMILES string of the molecule is C=C(C)CC(O)C1CSc2ccccc2O1. The molecule has 1 heterocycles. The number of thioether (sulfide) groups is 1. The number of aliphatic hydroxyl groups excluding tert-OH is 1. The quantitative estimate of drug-likeness (QED) is 0.818. The van der Waals surface area contributed by atoms with Gasteiger partial charge in [-0.1, -0.05) is 17.7 Å². The molecule has 0 fully saturated rings. The van der Waals surface area contributed by atoms with Crippen molar-refractivity contribution in [2.75, 3.05) is 5.75 Å². The van der Waals surface area contributed by atoms with E-state index >= 15 is 0 Å². The van der Waals surface area contributed by atoms with E-state index in [1.54, 1.807) is 11.8 Å². The van der Waals surface area contributed by atoms with E-state index in [4.69, 9.17) is 4.74 Å². The Bertz CT molecular complexity index is 389. The van der Waals surface area contributed by atoms with Crippen LogP contribution < -0.4 is 4.74 Å². The van der Waals surface area contributed by atoms with Gasteiger partial charge in [-0.15, -0.1) is 18.3 Å². The molecule has 2 rings (SSSR count). The number of fused-ring (bicyclic) bond motifs is 1. The van der Waals surface area contributed by atoms with Gasteiger partial charge in [0.15, 0.2) is 0 Å². The molecule has 0 saturated heterocycles. The Balaban J connectivity index is 2.05. The number of aliphatic hydroxyl groups is 1. The standard InChI is InChI=1S/C13H16O2S/c1-9(2)7-10(14)12-8-16-13-6-4-3-5-11(13)15-12/h3-6,10,12,14H,1,7-8H2,2H3. The Morgan fingerprint density at radius 3 is 3.12 bits per heavy atom. The van der Waals surface area contributed by atoms with Gasteiger partial charge in [-0.05, 0) is 25.5 Å². The molecule has 3 heteroatoms. The molecule has 1 aromatic rings. The van der Waals surface area contributed by atoms with Gasteiger partial charge < -0.3 is 9.84 Å². The van der Waals surface area contributed by atoms with E-state index in [2.05, 4.69) is 6.58 Å². The van der Waals surface area contributed by atoms with E-state index in [1.165, 1.54) is 0 Å². The molecule has 0 aromatic heterocycles. The van der Waals surface area contributed by atoms with E-state index < -0.39 is 6.10 Å². The maximum Gasteiger partial charge on any atom is 0.134 e. The number of hydrogen-bond acceptors (Lipinski definition) is 3. The second-order valence-corrected chi connectivity index (χ2v) is 5.20. The highest BCUT2D eigenvalue weighted by Gasteiger charge is 2.26. The molecule has 0 spiro atoms. The van der Waals surface area contributed by atoms with Gasteiger partial charge in [-0.2, -0.15) is 0 Å². The first-order chi connectivity index (χ1) is 7.66. The summed E-state index contributed by atoms with van der Waals surface area (Å²) in [4.78, 5) is 1.15. The molecular weight excluding hydrogens is 220 g/mol. The van der Waals surface area contributed by atoms with Gasteiger partial charge in [0.2, 0.25) is 0 Å². The zero-order chi connectivity index (χ0) is 11.5. The van der Waals surface area contributed by atoms with Crippen molar-refractivity contribution in [1.82, 2.24) is 0 Å². The number of benzene rings is 1. The summed E-state index contributed by atoms with van der Waals surface area (Å²) in [6.45, 7) is 5.74. The van der Waals surface area contributed by atoms with Gasteiger partial charge in [0.05, 0.1) is 6.10 Å². The Hall–Kier alpha value is -0.930. The normalized spacial score (nSPS) is 20.8. The van der Waals surface area contributed by atoms with Crippen LogP contribution in [0.25, 0.3) is 0 Å². The maximum absolute atomic E-state index is 9.97. The van der Waals surface area contributed by atoms with Crippen LogP contribution in [0.15, 0.2) is 41.3 Å². The molecule has 0 bridgehead atoms. The molecule has 0 radical (unpaired) electrons. The molecule has 0 amide bonds. The van der Waals surface area contributed by atoms with E-state index in [9.17, 15) is 5.11 Å². The molecule has 1 aliphatic heterocycles. The lowest BCUT2D eigenvalue weighted by atomic mass is 10.1. The van der Waals surface area contributed by atoms with Crippen LogP contribution in [0.4, 0.5) is 0 Å². The molecule has 2 nitrogen and oxygen atoms in total. The highest BCUT2D eigenvalue weighted by molar-refractivity contribution is 7.99.